The van der Waals surface area contributed by atoms with Gasteiger partial charge in [-0.2, -0.15) is 5.10 Å². The maximum atomic E-state index is 12.9. The van der Waals surface area contributed by atoms with Gasteiger partial charge in [0, 0.05) is 21.7 Å². The SMILES string of the molecule is Cc1ccc(NC(=O)[C@@H](C)n2nc(-c3ccccc3)c3cc(Cl)ccc32)cc1. The van der Waals surface area contributed by atoms with Crippen molar-refractivity contribution in [2.45, 2.75) is 19.9 Å². The molecule has 0 bridgehead atoms. The molecule has 1 amide bonds. The number of hydrogen-bond donors (Lipinski definition) is 1. The van der Waals surface area contributed by atoms with Gasteiger partial charge in [0.15, 0.2) is 0 Å². The first-order valence-corrected chi connectivity index (χ1v) is 9.51. The number of nitrogens with zero attached hydrogens (tertiary/aromatic N) is 2. The highest BCUT2D eigenvalue weighted by Gasteiger charge is 2.21. The molecular weight excluding hydrogens is 370 g/mol. The minimum Gasteiger partial charge on any atom is -0.324 e. The highest BCUT2D eigenvalue weighted by atomic mass is 35.5. The number of fused-ring (bicyclic) bond motifs is 1. The summed E-state index contributed by atoms with van der Waals surface area (Å²) in [5.74, 6) is -0.122. The summed E-state index contributed by atoms with van der Waals surface area (Å²) in [6.45, 7) is 3.86. The van der Waals surface area contributed by atoms with Crippen molar-refractivity contribution in [2.24, 2.45) is 0 Å². The Hall–Kier alpha value is -3.11. The molecule has 0 saturated heterocycles. The molecule has 0 spiro atoms. The van der Waals surface area contributed by atoms with Gasteiger partial charge in [-0.25, -0.2) is 0 Å². The molecule has 0 fully saturated rings. The molecule has 1 heterocycles. The molecule has 4 nitrogen and oxygen atoms in total. The summed E-state index contributed by atoms with van der Waals surface area (Å²) in [7, 11) is 0. The van der Waals surface area contributed by atoms with Crippen LogP contribution in [0, 0.1) is 6.92 Å². The van der Waals surface area contributed by atoms with Crippen LogP contribution < -0.4 is 5.32 Å². The Labute approximate surface area is 168 Å². The Morgan fingerprint density at radius 3 is 2.46 bits per heavy atom. The zero-order valence-electron chi connectivity index (χ0n) is 15.7. The molecule has 0 radical (unpaired) electrons. The van der Waals surface area contributed by atoms with E-state index in [2.05, 4.69) is 5.32 Å². The van der Waals surface area contributed by atoms with Gasteiger partial charge in [-0.3, -0.25) is 9.48 Å². The van der Waals surface area contributed by atoms with Crippen molar-refractivity contribution < 1.29 is 4.79 Å². The van der Waals surface area contributed by atoms with Gasteiger partial charge in [-0.05, 0) is 44.2 Å². The number of nitrogens with one attached hydrogen (secondary N) is 1. The summed E-state index contributed by atoms with van der Waals surface area (Å²) < 4.78 is 1.76. The van der Waals surface area contributed by atoms with Crippen molar-refractivity contribution in [3.8, 4) is 11.3 Å². The van der Waals surface area contributed by atoms with E-state index in [1.807, 2.05) is 86.6 Å². The normalized spacial score (nSPS) is 12.1. The number of aromatic nitrogens is 2. The number of carbonyl (C=O) groups excluding carboxylic acids is 1. The number of halogens is 1. The van der Waals surface area contributed by atoms with Gasteiger partial charge in [0.05, 0.1) is 5.52 Å². The Morgan fingerprint density at radius 1 is 1.04 bits per heavy atom. The van der Waals surface area contributed by atoms with E-state index in [0.717, 1.165) is 33.4 Å². The summed E-state index contributed by atoms with van der Waals surface area (Å²) in [4.78, 5) is 12.9. The molecule has 0 unspecified atom stereocenters. The summed E-state index contributed by atoms with van der Waals surface area (Å²) in [6, 6.07) is 22.8. The number of rotatable bonds is 4. The van der Waals surface area contributed by atoms with Gasteiger partial charge in [-0.1, -0.05) is 59.6 Å². The van der Waals surface area contributed by atoms with Crippen molar-refractivity contribution in [3.05, 3.63) is 83.4 Å². The van der Waals surface area contributed by atoms with Gasteiger partial charge < -0.3 is 5.32 Å². The maximum absolute atomic E-state index is 12.9. The van der Waals surface area contributed by atoms with E-state index in [9.17, 15) is 4.79 Å². The van der Waals surface area contributed by atoms with E-state index in [4.69, 9.17) is 16.7 Å². The van der Waals surface area contributed by atoms with Crippen LogP contribution in [0.3, 0.4) is 0 Å². The van der Waals surface area contributed by atoms with Crippen LogP contribution in [0.15, 0.2) is 72.8 Å². The Morgan fingerprint density at radius 2 is 1.75 bits per heavy atom. The Kier molecular flexibility index (Phi) is 4.88. The smallest absolute Gasteiger partial charge is 0.248 e. The van der Waals surface area contributed by atoms with Crippen LogP contribution in [-0.4, -0.2) is 15.7 Å². The lowest BCUT2D eigenvalue weighted by Crippen LogP contribution is -2.24. The van der Waals surface area contributed by atoms with Crippen LogP contribution in [0.5, 0.6) is 0 Å². The lowest BCUT2D eigenvalue weighted by molar-refractivity contribution is -0.118. The van der Waals surface area contributed by atoms with E-state index < -0.39 is 6.04 Å². The molecule has 3 aromatic carbocycles. The van der Waals surface area contributed by atoms with Crippen LogP contribution in [0.2, 0.25) is 5.02 Å². The van der Waals surface area contributed by atoms with Crippen molar-refractivity contribution in [1.82, 2.24) is 9.78 Å². The molecule has 0 aliphatic carbocycles. The third kappa shape index (κ3) is 3.51. The molecule has 0 aliphatic heterocycles. The van der Waals surface area contributed by atoms with Crippen LogP contribution in [0.4, 0.5) is 5.69 Å². The van der Waals surface area contributed by atoms with Gasteiger partial charge in [0.25, 0.3) is 0 Å². The number of amides is 1. The third-order valence-corrected chi connectivity index (χ3v) is 5.02. The van der Waals surface area contributed by atoms with Gasteiger partial charge in [0.2, 0.25) is 5.91 Å². The second-order valence-electron chi connectivity index (χ2n) is 6.85. The standard InChI is InChI=1S/C23H20ClN3O/c1-15-8-11-19(12-9-15)25-23(28)16(2)27-21-13-10-18(24)14-20(21)22(26-27)17-6-4-3-5-7-17/h3-14,16H,1-2H3,(H,25,28)/t16-/m1/s1. The number of aryl methyl sites for hydroxylation is 1. The molecule has 140 valence electrons. The molecule has 1 aromatic heterocycles. The number of anilines is 1. The predicted octanol–water partition coefficient (Wildman–Crippen LogP) is 5.86. The van der Waals surface area contributed by atoms with Crippen molar-refractivity contribution in [3.63, 3.8) is 0 Å². The quantitative estimate of drug-likeness (QED) is 0.474. The number of benzene rings is 3. The summed E-state index contributed by atoms with van der Waals surface area (Å²) in [5, 5.41) is 9.31. The Bertz CT molecular complexity index is 1130. The lowest BCUT2D eigenvalue weighted by atomic mass is 10.1. The van der Waals surface area contributed by atoms with Crippen LogP contribution in [0.25, 0.3) is 22.2 Å². The molecule has 5 heteroatoms. The molecular formula is C23H20ClN3O. The first-order valence-electron chi connectivity index (χ1n) is 9.13. The Balaban J connectivity index is 1.73. The summed E-state index contributed by atoms with van der Waals surface area (Å²) >= 11 is 6.23. The molecule has 0 aliphatic rings. The number of carbonyl (C=O) groups is 1. The first kappa shape index (κ1) is 18.3. The zero-order chi connectivity index (χ0) is 19.7. The molecule has 0 saturated carbocycles. The van der Waals surface area contributed by atoms with Gasteiger partial charge in [0.1, 0.15) is 11.7 Å². The molecule has 28 heavy (non-hydrogen) atoms. The predicted molar refractivity (Wildman–Crippen MR) is 115 cm³/mol. The zero-order valence-corrected chi connectivity index (χ0v) is 16.4. The fourth-order valence-corrected chi connectivity index (χ4v) is 3.38. The number of hydrogen-bond acceptors (Lipinski definition) is 2. The highest BCUT2D eigenvalue weighted by Crippen LogP contribution is 2.32. The van der Waals surface area contributed by atoms with Crippen LogP contribution in [0.1, 0.15) is 18.5 Å². The highest BCUT2D eigenvalue weighted by molar-refractivity contribution is 6.31. The topological polar surface area (TPSA) is 46.9 Å². The van der Waals surface area contributed by atoms with Crippen LogP contribution >= 0.6 is 11.6 Å². The van der Waals surface area contributed by atoms with E-state index >= 15 is 0 Å². The molecule has 1 N–H and O–H groups in total. The van der Waals surface area contributed by atoms with E-state index in [0.29, 0.717) is 5.02 Å². The minimum atomic E-state index is -0.484. The van der Waals surface area contributed by atoms with Crippen molar-refractivity contribution >= 4 is 34.1 Å². The molecule has 1 atom stereocenters. The third-order valence-electron chi connectivity index (χ3n) is 4.78. The van der Waals surface area contributed by atoms with Crippen molar-refractivity contribution in [2.75, 3.05) is 5.32 Å². The largest absolute Gasteiger partial charge is 0.324 e. The fourth-order valence-electron chi connectivity index (χ4n) is 3.21. The van der Waals surface area contributed by atoms with E-state index in [1.165, 1.54) is 0 Å². The van der Waals surface area contributed by atoms with E-state index in [-0.39, 0.29) is 5.91 Å². The van der Waals surface area contributed by atoms with Crippen molar-refractivity contribution in [1.29, 1.82) is 0 Å². The molecule has 4 aromatic rings. The second-order valence-corrected chi connectivity index (χ2v) is 7.29. The summed E-state index contributed by atoms with van der Waals surface area (Å²) in [6.07, 6.45) is 0. The average Bonchev–Trinajstić information content (AvgIpc) is 3.08. The average molecular weight is 390 g/mol. The first-order chi connectivity index (χ1) is 13.5. The second kappa shape index (κ2) is 7.49. The summed E-state index contributed by atoms with van der Waals surface area (Å²) in [5.41, 5.74) is 4.58. The fraction of sp³-hybridized carbons (Fsp3) is 0.130. The van der Waals surface area contributed by atoms with Gasteiger partial charge in [-0.15, -0.1) is 0 Å². The minimum absolute atomic E-state index is 0.122. The lowest BCUT2D eigenvalue weighted by Gasteiger charge is -2.14. The monoisotopic (exact) mass is 389 g/mol. The van der Waals surface area contributed by atoms with Gasteiger partial charge >= 0.3 is 0 Å². The molecule has 4 rings (SSSR count). The van der Waals surface area contributed by atoms with Crippen LogP contribution in [-0.2, 0) is 4.79 Å². The van der Waals surface area contributed by atoms with E-state index in [1.54, 1.807) is 4.68 Å². The maximum Gasteiger partial charge on any atom is 0.248 e.